The van der Waals surface area contributed by atoms with E-state index in [2.05, 4.69) is 0 Å². The zero-order valence-electron chi connectivity index (χ0n) is 24.0. The van der Waals surface area contributed by atoms with Crippen molar-refractivity contribution in [2.75, 3.05) is 13.1 Å². The van der Waals surface area contributed by atoms with Gasteiger partial charge in [-0.25, -0.2) is 9.78 Å². The number of likely N-dealkylation sites (tertiary alicyclic amines) is 1. The number of benzene rings is 2. The normalized spacial score (nSPS) is 16.7. The Hall–Kier alpha value is -4.47. The van der Waals surface area contributed by atoms with Crippen LogP contribution in [0.3, 0.4) is 0 Å². The number of imidazole rings is 1. The van der Waals surface area contributed by atoms with Crippen molar-refractivity contribution >= 4 is 40.7 Å². The first-order valence-corrected chi connectivity index (χ1v) is 14.0. The second-order valence-electron chi connectivity index (χ2n) is 11.3. The van der Waals surface area contributed by atoms with Gasteiger partial charge >= 0.3 is 6.09 Å². The molecule has 0 aliphatic carbocycles. The Morgan fingerprint density at radius 1 is 1.10 bits per heavy atom. The molecule has 0 radical (unpaired) electrons. The Bertz CT molecular complexity index is 1520. The Kier molecular flexibility index (Phi) is 7.66. The number of fused-ring (bicyclic) bond motifs is 2. The average Bonchev–Trinajstić information content (AvgIpc) is 3.42. The van der Waals surface area contributed by atoms with E-state index < -0.39 is 5.60 Å². The number of rotatable bonds is 6. The van der Waals surface area contributed by atoms with Gasteiger partial charge in [-0.3, -0.25) is 19.5 Å². The number of hydrogen-bond acceptors (Lipinski definition) is 7. The Morgan fingerprint density at radius 3 is 2.34 bits per heavy atom. The number of aromatic nitrogens is 2. The molecule has 2 aliphatic rings. The van der Waals surface area contributed by atoms with Crippen LogP contribution in [-0.4, -0.2) is 68.2 Å². The number of imide groups is 1. The van der Waals surface area contributed by atoms with Crippen LogP contribution in [0.25, 0.3) is 16.6 Å². The first-order chi connectivity index (χ1) is 19.6. The van der Waals surface area contributed by atoms with E-state index in [0.29, 0.717) is 36.6 Å². The average molecular weight is 557 g/mol. The van der Waals surface area contributed by atoms with Crippen molar-refractivity contribution in [2.24, 2.45) is 10.7 Å². The van der Waals surface area contributed by atoms with Crippen molar-refractivity contribution in [1.29, 1.82) is 0 Å². The minimum atomic E-state index is -0.517. The largest absolute Gasteiger partial charge is 0.444 e. The second kappa shape index (κ2) is 11.2. The molecule has 1 aromatic heterocycles. The maximum atomic E-state index is 12.9. The van der Waals surface area contributed by atoms with Crippen molar-refractivity contribution in [3.63, 3.8) is 0 Å². The van der Waals surface area contributed by atoms with Gasteiger partial charge in [0.2, 0.25) is 0 Å². The standard InChI is InChI=1S/C31H36N6O4/c1-5-36-26-16-20(21(17-32)18-33-22-12-14-35(15-13-22)30(40)41-31(2,3)4)10-11-25(26)34-27(36)19-37-28(38)23-8-6-7-9-24(23)29(37)39/h6-11,16-18,22H,5,12-15,19,32H2,1-4H3/b21-17+,33-18?. The second-order valence-corrected chi connectivity index (χ2v) is 11.3. The van der Waals surface area contributed by atoms with Crippen LogP contribution in [0.5, 0.6) is 0 Å². The van der Waals surface area contributed by atoms with E-state index in [-0.39, 0.29) is 30.5 Å². The summed E-state index contributed by atoms with van der Waals surface area (Å²) in [6, 6.07) is 12.8. The van der Waals surface area contributed by atoms with E-state index in [1.54, 1.807) is 35.4 Å². The van der Waals surface area contributed by atoms with E-state index in [4.69, 9.17) is 20.4 Å². The molecule has 0 saturated carbocycles. The fraction of sp³-hybridized carbons (Fsp3) is 0.387. The number of allylic oxidation sites excluding steroid dienone is 1. The predicted octanol–water partition coefficient (Wildman–Crippen LogP) is 4.62. The lowest BCUT2D eigenvalue weighted by Gasteiger charge is -2.32. The van der Waals surface area contributed by atoms with Crippen LogP contribution in [0, 0.1) is 0 Å². The zero-order valence-corrected chi connectivity index (χ0v) is 24.0. The third-order valence-corrected chi connectivity index (χ3v) is 7.37. The summed E-state index contributed by atoms with van der Waals surface area (Å²) in [5, 5.41) is 0. The maximum absolute atomic E-state index is 12.9. The van der Waals surface area contributed by atoms with Crippen molar-refractivity contribution in [1.82, 2.24) is 19.4 Å². The summed E-state index contributed by atoms with van der Waals surface area (Å²) >= 11 is 0. The molecule has 3 aromatic rings. The molecule has 0 bridgehead atoms. The van der Waals surface area contributed by atoms with Crippen LogP contribution < -0.4 is 5.73 Å². The van der Waals surface area contributed by atoms with Crippen molar-refractivity contribution < 1.29 is 19.1 Å². The van der Waals surface area contributed by atoms with Crippen molar-refractivity contribution in [3.05, 3.63) is 71.2 Å². The van der Waals surface area contributed by atoms with Gasteiger partial charge in [0, 0.05) is 37.6 Å². The van der Waals surface area contributed by atoms with Gasteiger partial charge in [-0.05, 0) is 70.4 Å². The van der Waals surface area contributed by atoms with Crippen LogP contribution in [0.2, 0.25) is 0 Å². The molecule has 214 valence electrons. The summed E-state index contributed by atoms with van der Waals surface area (Å²) in [6.45, 7) is 9.49. The van der Waals surface area contributed by atoms with Gasteiger partial charge in [0.1, 0.15) is 11.4 Å². The van der Waals surface area contributed by atoms with E-state index >= 15 is 0 Å². The summed E-state index contributed by atoms with van der Waals surface area (Å²) < 4.78 is 7.50. The van der Waals surface area contributed by atoms with Gasteiger partial charge < -0.3 is 19.9 Å². The third-order valence-electron chi connectivity index (χ3n) is 7.37. The van der Waals surface area contributed by atoms with Gasteiger partial charge in [0.25, 0.3) is 11.8 Å². The molecule has 41 heavy (non-hydrogen) atoms. The molecule has 10 heteroatoms. The minimum Gasteiger partial charge on any atom is -0.444 e. The quantitative estimate of drug-likeness (QED) is 0.349. The van der Waals surface area contributed by atoms with E-state index in [9.17, 15) is 14.4 Å². The van der Waals surface area contributed by atoms with Gasteiger partial charge in [-0.1, -0.05) is 18.2 Å². The molecule has 2 aliphatic heterocycles. The third kappa shape index (κ3) is 5.73. The number of ether oxygens (including phenoxy) is 1. The monoisotopic (exact) mass is 556 g/mol. The van der Waals surface area contributed by atoms with Gasteiger partial charge in [-0.2, -0.15) is 0 Å². The summed E-state index contributed by atoms with van der Waals surface area (Å²) in [6.07, 6.45) is 4.53. The van der Waals surface area contributed by atoms with Crippen molar-refractivity contribution in [2.45, 2.75) is 65.3 Å². The van der Waals surface area contributed by atoms with Crippen molar-refractivity contribution in [3.8, 4) is 0 Å². The lowest BCUT2D eigenvalue weighted by atomic mass is 10.0. The number of piperidine rings is 1. The van der Waals surface area contributed by atoms with Crippen LogP contribution in [0.4, 0.5) is 4.79 Å². The molecule has 0 unspecified atom stereocenters. The molecule has 3 heterocycles. The molecule has 2 aromatic carbocycles. The molecular weight excluding hydrogens is 520 g/mol. The fourth-order valence-corrected chi connectivity index (χ4v) is 5.27. The lowest BCUT2D eigenvalue weighted by Crippen LogP contribution is -2.42. The molecule has 2 N–H and O–H groups in total. The summed E-state index contributed by atoms with van der Waals surface area (Å²) in [5.74, 6) is 0.0304. The predicted molar refractivity (Wildman–Crippen MR) is 158 cm³/mol. The lowest BCUT2D eigenvalue weighted by molar-refractivity contribution is 0.0207. The number of aryl methyl sites for hydroxylation is 1. The van der Waals surface area contributed by atoms with Crippen LogP contribution in [-0.2, 0) is 17.8 Å². The van der Waals surface area contributed by atoms with Gasteiger partial charge in [-0.15, -0.1) is 0 Å². The molecule has 0 atom stereocenters. The van der Waals surface area contributed by atoms with E-state index in [1.165, 1.54) is 11.1 Å². The highest BCUT2D eigenvalue weighted by molar-refractivity contribution is 6.21. The topological polar surface area (TPSA) is 123 Å². The Labute approximate surface area is 239 Å². The summed E-state index contributed by atoms with van der Waals surface area (Å²) in [4.78, 5) is 50.7. The first-order valence-electron chi connectivity index (χ1n) is 14.0. The van der Waals surface area contributed by atoms with Crippen LogP contribution in [0.15, 0.2) is 53.7 Å². The number of aliphatic imine (C=N–C) groups is 1. The number of carbonyl (C=O) groups is 3. The molecule has 3 amide bonds. The number of carbonyl (C=O) groups excluding carboxylic acids is 3. The SMILES string of the molecule is CCn1c(CN2C(=O)c3ccccc3C2=O)nc2ccc(/C(C=NC3CCN(C(=O)OC(C)(C)C)CC3)=C/N)cc21. The Balaban J connectivity index is 1.30. The van der Waals surface area contributed by atoms with E-state index in [0.717, 1.165) is 35.0 Å². The van der Waals surface area contributed by atoms with Crippen LogP contribution in [0.1, 0.15) is 72.6 Å². The molecule has 1 fully saturated rings. The number of amides is 3. The minimum absolute atomic E-state index is 0.0831. The number of hydrogen-bond donors (Lipinski definition) is 1. The molecule has 1 saturated heterocycles. The summed E-state index contributed by atoms with van der Waals surface area (Å²) in [7, 11) is 0. The highest BCUT2D eigenvalue weighted by Crippen LogP contribution is 2.27. The number of nitrogens with zero attached hydrogens (tertiary/aromatic N) is 5. The van der Waals surface area contributed by atoms with Gasteiger partial charge in [0.05, 0.1) is 34.7 Å². The molecular formula is C31H36N6O4. The first kappa shape index (κ1) is 28.1. The Morgan fingerprint density at radius 2 is 1.76 bits per heavy atom. The van der Waals surface area contributed by atoms with Crippen LogP contribution >= 0.6 is 0 Å². The van der Waals surface area contributed by atoms with E-state index in [1.807, 2.05) is 50.5 Å². The fourth-order valence-electron chi connectivity index (χ4n) is 5.27. The molecule has 0 spiro atoms. The smallest absolute Gasteiger partial charge is 0.410 e. The highest BCUT2D eigenvalue weighted by Gasteiger charge is 2.36. The molecule has 5 rings (SSSR count). The zero-order chi connectivity index (χ0) is 29.3. The number of nitrogens with two attached hydrogens (primary N) is 1. The molecule has 10 nitrogen and oxygen atoms in total. The van der Waals surface area contributed by atoms with Gasteiger partial charge in [0.15, 0.2) is 0 Å². The maximum Gasteiger partial charge on any atom is 0.410 e. The summed E-state index contributed by atoms with van der Waals surface area (Å²) in [5.41, 5.74) is 9.65. The highest BCUT2D eigenvalue weighted by atomic mass is 16.6.